The molecule has 3 heterocycles. The summed E-state index contributed by atoms with van der Waals surface area (Å²) in [6, 6.07) is 15.8. The Balaban J connectivity index is 1.68. The summed E-state index contributed by atoms with van der Waals surface area (Å²) in [6.45, 7) is 0. The standard InChI is InChI=1S/C21H16N2O3/c24-19(13-7-2-1-3-8-13)18-17-16(20(25)22-21(17)26)15-11-10-12-6-4-5-9-14(12)23(15)18/h1-11,15-18H,(H,22,25,26)/t15-,16+,17-,18+/m0/s1. The summed E-state index contributed by atoms with van der Waals surface area (Å²) in [7, 11) is 0. The molecule has 0 radical (unpaired) electrons. The van der Waals surface area contributed by atoms with Crippen molar-refractivity contribution in [2.24, 2.45) is 11.8 Å². The topological polar surface area (TPSA) is 66.5 Å². The third-order valence-corrected chi connectivity index (χ3v) is 5.58. The number of imide groups is 1. The first kappa shape index (κ1) is 15.1. The summed E-state index contributed by atoms with van der Waals surface area (Å²) in [5.74, 6) is -1.98. The average Bonchev–Trinajstić information content (AvgIpc) is 3.17. The van der Waals surface area contributed by atoms with E-state index in [1.54, 1.807) is 24.3 Å². The van der Waals surface area contributed by atoms with E-state index in [9.17, 15) is 14.4 Å². The third-order valence-electron chi connectivity index (χ3n) is 5.58. The molecule has 5 nitrogen and oxygen atoms in total. The van der Waals surface area contributed by atoms with Crippen molar-refractivity contribution in [2.75, 3.05) is 4.90 Å². The van der Waals surface area contributed by atoms with Crippen LogP contribution in [0.15, 0.2) is 60.7 Å². The SMILES string of the molecule is O=C1NC(=O)[C@H]2[C@H]1[C@@H]1C=Cc3ccccc3N1[C@H]2C(=O)c1ccccc1. The Morgan fingerprint density at radius 1 is 0.885 bits per heavy atom. The number of ketones is 1. The lowest BCUT2D eigenvalue weighted by atomic mass is 9.86. The van der Waals surface area contributed by atoms with Gasteiger partial charge in [0.1, 0.15) is 6.04 Å². The molecule has 0 spiro atoms. The second kappa shape index (κ2) is 5.39. The van der Waals surface area contributed by atoms with Gasteiger partial charge in [0.25, 0.3) is 0 Å². The number of rotatable bonds is 2. The Bertz CT molecular complexity index is 966. The third kappa shape index (κ3) is 1.94. The molecule has 0 aromatic heterocycles. The molecule has 4 atom stereocenters. The second-order valence-corrected chi connectivity index (χ2v) is 6.90. The number of carbonyl (C=O) groups excluding carboxylic acids is 3. The van der Waals surface area contributed by atoms with Gasteiger partial charge in [-0.1, -0.05) is 60.7 Å². The van der Waals surface area contributed by atoms with Crippen molar-refractivity contribution in [1.82, 2.24) is 5.32 Å². The Kier molecular flexibility index (Phi) is 3.13. The monoisotopic (exact) mass is 344 g/mol. The summed E-state index contributed by atoms with van der Waals surface area (Å²) >= 11 is 0. The van der Waals surface area contributed by atoms with Gasteiger partial charge in [-0.15, -0.1) is 0 Å². The Morgan fingerprint density at radius 2 is 1.58 bits per heavy atom. The summed E-state index contributed by atoms with van der Waals surface area (Å²) in [5, 5.41) is 2.42. The molecule has 1 N–H and O–H groups in total. The lowest BCUT2D eigenvalue weighted by Gasteiger charge is -2.35. The average molecular weight is 344 g/mol. The number of benzene rings is 2. The molecule has 5 heteroatoms. The number of carbonyl (C=O) groups is 3. The highest BCUT2D eigenvalue weighted by Crippen LogP contribution is 2.46. The lowest BCUT2D eigenvalue weighted by molar-refractivity contribution is -0.126. The van der Waals surface area contributed by atoms with Crippen LogP contribution in [0.5, 0.6) is 0 Å². The Hall–Kier alpha value is -3.21. The molecule has 0 bridgehead atoms. The minimum atomic E-state index is -0.690. The molecule has 0 saturated carbocycles. The fraction of sp³-hybridized carbons (Fsp3) is 0.190. The molecule has 128 valence electrons. The van der Waals surface area contributed by atoms with Crippen molar-refractivity contribution in [3.05, 3.63) is 71.8 Å². The summed E-state index contributed by atoms with van der Waals surface area (Å²) in [6.07, 6.45) is 3.91. The van der Waals surface area contributed by atoms with Crippen molar-refractivity contribution in [3.63, 3.8) is 0 Å². The number of anilines is 1. The van der Waals surface area contributed by atoms with E-state index in [1.807, 2.05) is 47.4 Å². The van der Waals surface area contributed by atoms with E-state index < -0.39 is 17.9 Å². The zero-order chi connectivity index (χ0) is 17.8. The molecule has 2 saturated heterocycles. The number of nitrogens with one attached hydrogen (secondary N) is 1. The highest BCUT2D eigenvalue weighted by atomic mass is 16.2. The first-order valence-electron chi connectivity index (χ1n) is 8.66. The number of para-hydroxylation sites is 1. The van der Waals surface area contributed by atoms with Gasteiger partial charge < -0.3 is 4.90 Å². The number of hydrogen-bond donors (Lipinski definition) is 1. The molecule has 0 unspecified atom stereocenters. The van der Waals surface area contributed by atoms with Gasteiger partial charge in [-0.05, 0) is 11.6 Å². The van der Waals surface area contributed by atoms with Crippen LogP contribution in [0.1, 0.15) is 15.9 Å². The van der Waals surface area contributed by atoms with Gasteiger partial charge in [0, 0.05) is 11.3 Å². The van der Waals surface area contributed by atoms with Gasteiger partial charge >= 0.3 is 0 Å². The molecule has 5 rings (SSSR count). The zero-order valence-corrected chi connectivity index (χ0v) is 13.8. The Morgan fingerprint density at radius 3 is 2.38 bits per heavy atom. The highest BCUT2D eigenvalue weighted by Gasteiger charge is 2.61. The largest absolute Gasteiger partial charge is 0.352 e. The van der Waals surface area contributed by atoms with Crippen molar-refractivity contribution in [2.45, 2.75) is 12.1 Å². The van der Waals surface area contributed by atoms with E-state index in [2.05, 4.69) is 5.32 Å². The summed E-state index contributed by atoms with van der Waals surface area (Å²) in [4.78, 5) is 40.3. The molecule has 2 aromatic rings. The van der Waals surface area contributed by atoms with Crippen LogP contribution in [-0.4, -0.2) is 29.7 Å². The minimum absolute atomic E-state index is 0.127. The van der Waals surface area contributed by atoms with Crippen LogP contribution in [-0.2, 0) is 9.59 Å². The number of nitrogens with zero attached hydrogens (tertiary/aromatic N) is 1. The number of Topliss-reactive ketones (excluding diaryl/α,β-unsaturated/α-hetero) is 1. The highest BCUT2D eigenvalue weighted by molar-refractivity contribution is 6.14. The van der Waals surface area contributed by atoms with Crippen molar-refractivity contribution in [3.8, 4) is 0 Å². The number of fused-ring (bicyclic) bond motifs is 5. The van der Waals surface area contributed by atoms with Gasteiger partial charge in [0.05, 0.1) is 17.9 Å². The smallest absolute Gasteiger partial charge is 0.233 e. The van der Waals surface area contributed by atoms with Crippen molar-refractivity contribution >= 4 is 29.4 Å². The molecular formula is C21H16N2O3. The fourth-order valence-corrected chi connectivity index (χ4v) is 4.50. The van der Waals surface area contributed by atoms with E-state index in [4.69, 9.17) is 0 Å². The summed E-state index contributed by atoms with van der Waals surface area (Å²) < 4.78 is 0. The zero-order valence-electron chi connectivity index (χ0n) is 13.8. The maximum atomic E-state index is 13.3. The quantitative estimate of drug-likeness (QED) is 0.669. The van der Waals surface area contributed by atoms with E-state index in [1.165, 1.54) is 0 Å². The van der Waals surface area contributed by atoms with Gasteiger partial charge in [0.15, 0.2) is 5.78 Å². The molecule has 26 heavy (non-hydrogen) atoms. The van der Waals surface area contributed by atoms with Crippen LogP contribution >= 0.6 is 0 Å². The maximum Gasteiger partial charge on any atom is 0.233 e. The molecule has 3 aliphatic rings. The van der Waals surface area contributed by atoms with Crippen LogP contribution in [0.4, 0.5) is 5.69 Å². The molecule has 2 amide bonds. The summed E-state index contributed by atoms with van der Waals surface area (Å²) in [5.41, 5.74) is 2.43. The predicted molar refractivity (Wildman–Crippen MR) is 96.4 cm³/mol. The minimum Gasteiger partial charge on any atom is -0.352 e. The Labute approximate surface area is 150 Å². The molecule has 2 aromatic carbocycles. The number of amides is 2. The van der Waals surface area contributed by atoms with Gasteiger partial charge in [-0.3, -0.25) is 19.7 Å². The van der Waals surface area contributed by atoms with Crippen molar-refractivity contribution < 1.29 is 14.4 Å². The molecule has 3 aliphatic heterocycles. The van der Waals surface area contributed by atoms with Crippen molar-refractivity contribution in [1.29, 1.82) is 0 Å². The van der Waals surface area contributed by atoms with Crippen LogP contribution in [0.25, 0.3) is 6.08 Å². The maximum absolute atomic E-state index is 13.3. The van der Waals surface area contributed by atoms with Crippen LogP contribution in [0.3, 0.4) is 0 Å². The van der Waals surface area contributed by atoms with E-state index >= 15 is 0 Å². The number of hydrogen-bond acceptors (Lipinski definition) is 4. The molecule has 0 aliphatic carbocycles. The van der Waals surface area contributed by atoms with E-state index in [0.717, 1.165) is 11.3 Å². The van der Waals surface area contributed by atoms with Gasteiger partial charge in [0.2, 0.25) is 11.8 Å². The van der Waals surface area contributed by atoms with Crippen LogP contribution in [0.2, 0.25) is 0 Å². The van der Waals surface area contributed by atoms with Gasteiger partial charge in [-0.25, -0.2) is 0 Å². The fourth-order valence-electron chi connectivity index (χ4n) is 4.50. The van der Waals surface area contributed by atoms with E-state index in [0.29, 0.717) is 5.56 Å². The van der Waals surface area contributed by atoms with Crippen LogP contribution < -0.4 is 10.2 Å². The predicted octanol–water partition coefficient (Wildman–Crippen LogP) is 2.04. The first-order chi connectivity index (χ1) is 12.7. The van der Waals surface area contributed by atoms with E-state index in [-0.39, 0.29) is 23.6 Å². The van der Waals surface area contributed by atoms with Gasteiger partial charge in [-0.2, -0.15) is 0 Å². The molecular weight excluding hydrogens is 328 g/mol. The molecule has 2 fully saturated rings. The normalized spacial score (nSPS) is 28.4. The second-order valence-electron chi connectivity index (χ2n) is 6.90. The lowest BCUT2D eigenvalue weighted by Crippen LogP contribution is -2.47. The first-order valence-corrected chi connectivity index (χ1v) is 8.66. The van der Waals surface area contributed by atoms with Crippen LogP contribution in [0, 0.1) is 11.8 Å².